The Morgan fingerprint density at radius 2 is 1.33 bits per heavy atom. The number of ketones is 2. The van der Waals surface area contributed by atoms with E-state index in [1.54, 1.807) is 42.5 Å². The molecule has 9 N–H and O–H groups in total. The normalized spacial score (nSPS) is 16.6. The minimum Gasteiger partial charge on any atom is -0.384 e. The van der Waals surface area contributed by atoms with E-state index in [1.807, 2.05) is 27.7 Å². The van der Waals surface area contributed by atoms with Crippen molar-refractivity contribution in [2.24, 2.45) is 11.7 Å². The highest BCUT2D eigenvalue weighted by Crippen LogP contribution is 2.32. The molecule has 0 saturated carbocycles. The molecule has 18 heteroatoms. The van der Waals surface area contributed by atoms with Crippen molar-refractivity contribution in [2.45, 2.75) is 129 Å². The molecule has 2 aromatic rings. The molecule has 2 aromatic carbocycles. The molecule has 0 radical (unpaired) electrons. The van der Waals surface area contributed by atoms with Crippen LogP contribution in [0.15, 0.2) is 42.5 Å². The fourth-order valence-corrected chi connectivity index (χ4v) is 7.76. The van der Waals surface area contributed by atoms with E-state index in [0.29, 0.717) is 73.1 Å². The number of hydrogen-bond acceptors (Lipinski definition) is 11. The number of fused-ring (bicyclic) bond motifs is 2. The van der Waals surface area contributed by atoms with Gasteiger partial charge in [-0.1, -0.05) is 76.9 Å². The highest BCUT2D eigenvalue weighted by Gasteiger charge is 2.38. The lowest BCUT2D eigenvalue weighted by molar-refractivity contribution is -0.141. The zero-order chi connectivity index (χ0) is 47.1. The molecule has 1 aliphatic carbocycles. The molecule has 348 valence electrons. The van der Waals surface area contributed by atoms with Gasteiger partial charge < -0.3 is 47.9 Å². The molecule has 0 spiro atoms. The number of rotatable bonds is 23. The van der Waals surface area contributed by atoms with Gasteiger partial charge in [-0.3, -0.25) is 43.2 Å². The average Bonchev–Trinajstić information content (AvgIpc) is 3.76. The molecule has 0 aromatic heterocycles. The number of likely N-dealkylation sites (tertiary alicyclic amines) is 1. The molecular formula is C46H65N9O9. The molecule has 64 heavy (non-hydrogen) atoms. The van der Waals surface area contributed by atoms with Gasteiger partial charge in [-0.15, -0.1) is 0 Å². The first kappa shape index (κ1) is 50.5. The molecule has 1 heterocycles. The number of benzene rings is 2. The number of amides is 7. The van der Waals surface area contributed by atoms with E-state index >= 15 is 0 Å². The van der Waals surface area contributed by atoms with Crippen LogP contribution in [0.3, 0.4) is 0 Å². The van der Waals surface area contributed by atoms with E-state index in [2.05, 4.69) is 37.2 Å². The van der Waals surface area contributed by atoms with Crippen LogP contribution in [0.2, 0.25) is 0 Å². The molecule has 0 unspecified atom stereocenters. The number of nitrogens with two attached hydrogens (primary N) is 1. The lowest BCUT2D eigenvalue weighted by Crippen LogP contribution is -2.57. The Bertz CT molecular complexity index is 2060. The van der Waals surface area contributed by atoms with Gasteiger partial charge in [-0.25, -0.2) is 0 Å². The summed E-state index contributed by atoms with van der Waals surface area (Å²) in [5.74, 6) is -4.16. The maximum atomic E-state index is 14.0. The van der Waals surface area contributed by atoms with Gasteiger partial charge in [0.2, 0.25) is 41.4 Å². The first-order valence-electron chi connectivity index (χ1n) is 22.4. The van der Waals surface area contributed by atoms with Crippen LogP contribution in [0, 0.1) is 5.92 Å². The molecular weight excluding hydrogens is 823 g/mol. The van der Waals surface area contributed by atoms with E-state index in [4.69, 9.17) is 5.73 Å². The van der Waals surface area contributed by atoms with Gasteiger partial charge in [-0.2, -0.15) is 0 Å². The molecule has 18 nitrogen and oxygen atoms in total. The summed E-state index contributed by atoms with van der Waals surface area (Å²) in [4.78, 5) is 120. The van der Waals surface area contributed by atoms with Gasteiger partial charge in [0.1, 0.15) is 30.2 Å². The Kier molecular flexibility index (Phi) is 19.0. The fraction of sp³-hybridized carbons (Fsp3) is 0.543. The van der Waals surface area contributed by atoms with Crippen molar-refractivity contribution in [1.82, 2.24) is 36.8 Å². The van der Waals surface area contributed by atoms with Gasteiger partial charge in [0, 0.05) is 42.0 Å². The number of carbonyl (C=O) groups is 9. The average molecular weight is 888 g/mol. The fourth-order valence-electron chi connectivity index (χ4n) is 7.76. The lowest BCUT2D eigenvalue weighted by atomic mass is 9.83. The Morgan fingerprint density at radius 1 is 0.703 bits per heavy atom. The Labute approximate surface area is 374 Å². The summed E-state index contributed by atoms with van der Waals surface area (Å²) in [5.41, 5.74) is 7.51. The molecule has 7 amide bonds. The van der Waals surface area contributed by atoms with Crippen LogP contribution in [-0.2, 0) is 33.6 Å². The highest BCUT2D eigenvalue weighted by molar-refractivity contribution is 6.30. The number of nitrogens with one attached hydrogen (secondary N) is 7. The van der Waals surface area contributed by atoms with Crippen LogP contribution in [0.25, 0.3) is 0 Å². The largest absolute Gasteiger partial charge is 0.384 e. The summed E-state index contributed by atoms with van der Waals surface area (Å²) in [6.45, 7) is 10.9. The SMILES string of the molecule is CCC[C@H](NC(=O)[C@H](C)NC(=O)[C@@H](C)N)C(=O)N[C@@H](CCC)C(=O)NCC(=O)N[C@@H](CC(C)C)C(=O)N1CCC[C@H]1C(=O)NCCCNc1cccc2c1C(=O)c1ccccc1C2=O. The summed E-state index contributed by atoms with van der Waals surface area (Å²) >= 11 is 0. The smallest absolute Gasteiger partial charge is 0.245 e. The third-order valence-corrected chi connectivity index (χ3v) is 11.1. The van der Waals surface area contributed by atoms with Crippen molar-refractivity contribution in [3.8, 4) is 0 Å². The van der Waals surface area contributed by atoms with Gasteiger partial charge in [0.05, 0.1) is 18.2 Å². The van der Waals surface area contributed by atoms with Gasteiger partial charge in [-0.05, 0) is 64.4 Å². The van der Waals surface area contributed by atoms with Crippen LogP contribution in [0.5, 0.6) is 0 Å². The van der Waals surface area contributed by atoms with Crippen LogP contribution in [0.1, 0.15) is 125 Å². The molecule has 6 atom stereocenters. The summed E-state index contributed by atoms with van der Waals surface area (Å²) in [5, 5.41) is 19.3. The summed E-state index contributed by atoms with van der Waals surface area (Å²) in [7, 11) is 0. The first-order valence-corrected chi connectivity index (χ1v) is 22.4. The topological polar surface area (TPSA) is 267 Å². The van der Waals surface area contributed by atoms with Crippen molar-refractivity contribution in [2.75, 3.05) is 31.5 Å². The Morgan fingerprint density at radius 3 is 1.97 bits per heavy atom. The van der Waals surface area contributed by atoms with Crippen LogP contribution >= 0.6 is 0 Å². The number of anilines is 1. The quantitative estimate of drug-likeness (QED) is 0.0632. The van der Waals surface area contributed by atoms with Crippen molar-refractivity contribution in [3.63, 3.8) is 0 Å². The second-order valence-electron chi connectivity index (χ2n) is 16.9. The highest BCUT2D eigenvalue weighted by atomic mass is 16.2. The standard InChI is InChI=1S/C46H65N9O9/c1-7-14-33(54-44(62)34(15-8-2)53-42(60)28(6)51-41(59)27(5)47)43(61)50-25-37(56)52-35(24-26(3)4)46(64)55-23-12-20-36(55)45(63)49-22-13-21-48-32-19-11-18-31-38(32)40(58)30-17-10-9-16-29(30)39(31)57/h9-11,16-19,26-28,33-36,48H,7-8,12-15,20-25,47H2,1-6H3,(H,49,63)(H,50,61)(H,51,59)(H,52,56)(H,53,60)(H,54,62)/t27-,28+,33+,34+,35+,36+/m1/s1. The van der Waals surface area contributed by atoms with Crippen LogP contribution in [0.4, 0.5) is 5.69 Å². The van der Waals surface area contributed by atoms with Crippen LogP contribution < -0.4 is 43.0 Å². The molecule has 0 bridgehead atoms. The zero-order valence-electron chi connectivity index (χ0n) is 37.8. The Balaban J connectivity index is 1.28. The molecule has 1 saturated heterocycles. The minimum absolute atomic E-state index is 0.00575. The van der Waals surface area contributed by atoms with Crippen molar-refractivity contribution >= 4 is 58.6 Å². The number of hydrogen-bond donors (Lipinski definition) is 8. The third kappa shape index (κ3) is 13.4. The van der Waals surface area contributed by atoms with Gasteiger partial charge in [0.25, 0.3) is 0 Å². The van der Waals surface area contributed by atoms with Crippen molar-refractivity contribution in [3.05, 3.63) is 64.7 Å². The van der Waals surface area contributed by atoms with Gasteiger partial charge >= 0.3 is 0 Å². The predicted molar refractivity (Wildman–Crippen MR) is 240 cm³/mol. The maximum Gasteiger partial charge on any atom is 0.245 e. The Hall–Kier alpha value is -6.17. The second kappa shape index (κ2) is 24.0. The molecule has 4 rings (SSSR count). The lowest BCUT2D eigenvalue weighted by Gasteiger charge is -2.29. The summed E-state index contributed by atoms with van der Waals surface area (Å²) < 4.78 is 0. The zero-order valence-corrected chi connectivity index (χ0v) is 37.8. The second-order valence-corrected chi connectivity index (χ2v) is 16.9. The summed E-state index contributed by atoms with van der Waals surface area (Å²) in [6, 6.07) is 6.32. The van der Waals surface area contributed by atoms with Crippen molar-refractivity contribution < 1.29 is 43.2 Å². The van der Waals surface area contributed by atoms with E-state index in [1.165, 1.54) is 18.7 Å². The monoisotopic (exact) mass is 887 g/mol. The van der Waals surface area contributed by atoms with E-state index in [9.17, 15) is 43.2 Å². The molecule has 2 aliphatic rings. The van der Waals surface area contributed by atoms with E-state index in [-0.39, 0.29) is 49.2 Å². The van der Waals surface area contributed by atoms with E-state index in [0.717, 1.165) is 0 Å². The number of nitrogens with zero attached hydrogens (tertiary/aromatic N) is 1. The number of carbonyl (C=O) groups excluding carboxylic acids is 9. The van der Waals surface area contributed by atoms with Crippen molar-refractivity contribution in [1.29, 1.82) is 0 Å². The summed E-state index contributed by atoms with van der Waals surface area (Å²) in [6.07, 6.45) is 3.35. The minimum atomic E-state index is -1.03. The molecule has 1 fully saturated rings. The first-order chi connectivity index (χ1) is 30.5. The van der Waals surface area contributed by atoms with Crippen LogP contribution in [-0.4, -0.2) is 120 Å². The third-order valence-electron chi connectivity index (χ3n) is 11.1. The maximum absolute atomic E-state index is 14.0. The molecule has 1 aliphatic heterocycles. The predicted octanol–water partition coefficient (Wildman–Crippen LogP) is 1.44. The van der Waals surface area contributed by atoms with E-state index < -0.39 is 78.2 Å². The van der Waals surface area contributed by atoms with Gasteiger partial charge in [0.15, 0.2) is 11.6 Å².